The molecule has 0 unspecified atom stereocenters. The van der Waals surface area contributed by atoms with E-state index in [9.17, 15) is 5.11 Å². The predicted octanol–water partition coefficient (Wildman–Crippen LogP) is 3.01. The monoisotopic (exact) mass is 293 g/mol. The molecule has 1 heterocycles. The minimum absolute atomic E-state index is 0.212. The molecule has 0 radical (unpaired) electrons. The molecule has 0 bridgehead atoms. The van der Waals surface area contributed by atoms with Gasteiger partial charge in [0.05, 0.1) is 6.10 Å². The van der Waals surface area contributed by atoms with Crippen molar-refractivity contribution in [2.24, 2.45) is 0 Å². The highest BCUT2D eigenvalue weighted by molar-refractivity contribution is 6.30. The van der Waals surface area contributed by atoms with Gasteiger partial charge in [0.2, 0.25) is 0 Å². The summed E-state index contributed by atoms with van der Waals surface area (Å²) >= 11 is 6.01. The van der Waals surface area contributed by atoms with Crippen molar-refractivity contribution < 1.29 is 9.84 Å². The summed E-state index contributed by atoms with van der Waals surface area (Å²) < 4.78 is 5.73. The van der Waals surface area contributed by atoms with E-state index in [4.69, 9.17) is 16.3 Å². The van der Waals surface area contributed by atoms with Crippen LogP contribution in [0.5, 0.6) is 5.75 Å². The molecule has 1 aliphatic carbocycles. The molecule has 20 heavy (non-hydrogen) atoms. The molecule has 4 heteroatoms. The Morgan fingerprint density at radius 1 is 1.30 bits per heavy atom. The van der Waals surface area contributed by atoms with Crippen LogP contribution in [0, 0.1) is 0 Å². The minimum atomic E-state index is -0.212. The number of hydrogen-bond donors (Lipinski definition) is 2. The highest BCUT2D eigenvalue weighted by Gasteiger charge is 2.23. The van der Waals surface area contributed by atoms with Crippen molar-refractivity contribution in [3.8, 4) is 5.75 Å². The lowest BCUT2D eigenvalue weighted by atomic mass is 9.92. The van der Waals surface area contributed by atoms with E-state index in [1.807, 2.05) is 18.2 Å². The van der Waals surface area contributed by atoms with Gasteiger partial charge in [0.15, 0.2) is 0 Å². The third-order valence-electron chi connectivity index (χ3n) is 4.07. The first-order valence-electron chi connectivity index (χ1n) is 7.25. The van der Waals surface area contributed by atoms with Gasteiger partial charge in [-0.25, -0.2) is 0 Å². The summed E-state index contributed by atoms with van der Waals surface area (Å²) in [4.78, 5) is 0. The topological polar surface area (TPSA) is 41.5 Å². The summed E-state index contributed by atoms with van der Waals surface area (Å²) in [5.74, 6) is 0.885. The second-order valence-electron chi connectivity index (χ2n) is 5.61. The molecule has 1 aromatic carbocycles. The summed E-state index contributed by atoms with van der Waals surface area (Å²) in [5, 5.41) is 14.1. The molecule has 108 valence electrons. The molecule has 0 amide bonds. The zero-order valence-corrected chi connectivity index (χ0v) is 12.2. The number of hydrogen-bond acceptors (Lipinski definition) is 3. The van der Waals surface area contributed by atoms with Crippen LogP contribution < -0.4 is 10.1 Å². The van der Waals surface area contributed by atoms with Gasteiger partial charge >= 0.3 is 0 Å². The highest BCUT2D eigenvalue weighted by Crippen LogP contribution is 2.29. The zero-order valence-electron chi connectivity index (χ0n) is 11.4. The van der Waals surface area contributed by atoms with Crippen molar-refractivity contribution in [2.75, 3.05) is 13.2 Å². The van der Waals surface area contributed by atoms with Crippen LogP contribution in [0.3, 0.4) is 0 Å². The van der Waals surface area contributed by atoms with E-state index >= 15 is 0 Å². The van der Waals surface area contributed by atoms with Crippen LogP contribution in [-0.2, 0) is 0 Å². The smallest absolute Gasteiger partial charge is 0.127 e. The fourth-order valence-electron chi connectivity index (χ4n) is 2.91. The van der Waals surface area contributed by atoms with Gasteiger partial charge in [-0.15, -0.1) is 0 Å². The average Bonchev–Trinajstić information content (AvgIpc) is 2.46. The van der Waals surface area contributed by atoms with Crippen LogP contribution in [0.2, 0.25) is 5.02 Å². The number of fused-ring (bicyclic) bond motifs is 1. The van der Waals surface area contributed by atoms with Crippen molar-refractivity contribution in [2.45, 2.75) is 37.8 Å². The van der Waals surface area contributed by atoms with Crippen LogP contribution in [-0.4, -0.2) is 30.4 Å². The molecule has 1 aliphatic heterocycles. The Kier molecular flexibility index (Phi) is 4.29. The average molecular weight is 294 g/mol. The number of halogens is 1. The number of benzene rings is 1. The second kappa shape index (κ2) is 6.17. The summed E-state index contributed by atoms with van der Waals surface area (Å²) in [6, 6.07) is 5.88. The molecule has 1 aromatic rings. The fraction of sp³-hybridized carbons (Fsp3) is 0.500. The summed E-state index contributed by atoms with van der Waals surface area (Å²) in [6.07, 6.45) is 6.21. The second-order valence-corrected chi connectivity index (χ2v) is 6.05. The zero-order chi connectivity index (χ0) is 13.9. The van der Waals surface area contributed by atoms with Gasteiger partial charge in [0, 0.05) is 23.2 Å². The molecule has 0 saturated heterocycles. The van der Waals surface area contributed by atoms with E-state index in [0.717, 1.165) is 42.1 Å². The standard InChI is InChI=1S/C16H20ClNO2/c17-13-5-6-16-12(8-13)7-11(10-20-16)9-18-14-3-1-2-4-15(14)19/h5-8,14-15,18-19H,1-4,9-10H2/t14-,15-/m1/s1. The number of aliphatic hydroxyl groups excluding tert-OH is 1. The van der Waals surface area contributed by atoms with Crippen molar-refractivity contribution in [1.29, 1.82) is 0 Å². The Bertz CT molecular complexity index is 515. The quantitative estimate of drug-likeness (QED) is 0.900. The predicted molar refractivity (Wildman–Crippen MR) is 81.2 cm³/mol. The van der Waals surface area contributed by atoms with Crippen LogP contribution in [0.25, 0.3) is 6.08 Å². The van der Waals surface area contributed by atoms with E-state index in [2.05, 4.69) is 11.4 Å². The Hall–Kier alpha value is -1.03. The van der Waals surface area contributed by atoms with E-state index in [0.29, 0.717) is 6.61 Å². The van der Waals surface area contributed by atoms with Gasteiger partial charge in [0.1, 0.15) is 12.4 Å². The molecule has 2 N–H and O–H groups in total. The maximum Gasteiger partial charge on any atom is 0.127 e. The van der Waals surface area contributed by atoms with Gasteiger partial charge in [-0.3, -0.25) is 0 Å². The van der Waals surface area contributed by atoms with Gasteiger partial charge in [-0.2, -0.15) is 0 Å². The molecule has 3 nitrogen and oxygen atoms in total. The first-order chi connectivity index (χ1) is 9.72. The van der Waals surface area contributed by atoms with Crippen LogP contribution in [0.15, 0.2) is 23.8 Å². The van der Waals surface area contributed by atoms with E-state index < -0.39 is 0 Å². The first kappa shape index (κ1) is 13.9. The molecule has 1 saturated carbocycles. The molecular formula is C16H20ClNO2. The maximum atomic E-state index is 9.96. The van der Waals surface area contributed by atoms with E-state index in [1.54, 1.807) is 0 Å². The third kappa shape index (κ3) is 3.17. The molecular weight excluding hydrogens is 274 g/mol. The van der Waals surface area contributed by atoms with Gasteiger partial charge < -0.3 is 15.2 Å². The van der Waals surface area contributed by atoms with Gasteiger partial charge in [0.25, 0.3) is 0 Å². The lowest BCUT2D eigenvalue weighted by Crippen LogP contribution is -2.43. The largest absolute Gasteiger partial charge is 0.489 e. The maximum absolute atomic E-state index is 9.96. The van der Waals surface area contributed by atoms with Crippen molar-refractivity contribution >= 4 is 17.7 Å². The third-order valence-corrected chi connectivity index (χ3v) is 4.30. The molecule has 2 atom stereocenters. The molecule has 0 aromatic heterocycles. The Morgan fingerprint density at radius 3 is 3.00 bits per heavy atom. The lowest BCUT2D eigenvalue weighted by molar-refractivity contribution is 0.0922. The SMILES string of the molecule is O[C@@H]1CCCC[C@H]1NCC1=Cc2cc(Cl)ccc2OC1. The van der Waals surface area contributed by atoms with Crippen LogP contribution in [0.1, 0.15) is 31.2 Å². The van der Waals surface area contributed by atoms with Gasteiger partial charge in [-0.1, -0.05) is 24.4 Å². The lowest BCUT2D eigenvalue weighted by Gasteiger charge is -2.29. The minimum Gasteiger partial charge on any atom is -0.489 e. The Morgan fingerprint density at radius 2 is 2.15 bits per heavy atom. The van der Waals surface area contributed by atoms with Crippen LogP contribution >= 0.6 is 11.6 Å². The van der Waals surface area contributed by atoms with E-state index in [-0.39, 0.29) is 12.1 Å². The van der Waals surface area contributed by atoms with Crippen molar-refractivity contribution in [1.82, 2.24) is 5.32 Å². The number of rotatable bonds is 3. The molecule has 3 rings (SSSR count). The van der Waals surface area contributed by atoms with Gasteiger partial charge in [-0.05, 0) is 42.7 Å². The van der Waals surface area contributed by atoms with Crippen LogP contribution in [0.4, 0.5) is 0 Å². The fourth-order valence-corrected chi connectivity index (χ4v) is 3.09. The normalized spacial score (nSPS) is 25.6. The Balaban J connectivity index is 1.63. The molecule has 1 fully saturated rings. The number of aliphatic hydroxyl groups is 1. The number of nitrogens with one attached hydrogen (secondary N) is 1. The summed E-state index contributed by atoms with van der Waals surface area (Å²) in [7, 11) is 0. The van der Waals surface area contributed by atoms with Crippen molar-refractivity contribution in [3.63, 3.8) is 0 Å². The van der Waals surface area contributed by atoms with E-state index in [1.165, 1.54) is 12.0 Å². The summed E-state index contributed by atoms with van der Waals surface area (Å²) in [5.41, 5.74) is 2.22. The highest BCUT2D eigenvalue weighted by atomic mass is 35.5. The molecule has 2 aliphatic rings. The summed E-state index contributed by atoms with van der Waals surface area (Å²) in [6.45, 7) is 1.36. The Labute approximate surface area is 124 Å². The number of ether oxygens (including phenoxy) is 1. The van der Waals surface area contributed by atoms with Crippen molar-refractivity contribution in [3.05, 3.63) is 34.4 Å². The molecule has 0 spiro atoms. The first-order valence-corrected chi connectivity index (χ1v) is 7.63.